The van der Waals surface area contributed by atoms with Crippen molar-refractivity contribution in [3.63, 3.8) is 0 Å². The zero-order valence-corrected chi connectivity index (χ0v) is 13.1. The molecule has 1 atom stereocenters. The van der Waals surface area contributed by atoms with Crippen LogP contribution in [0.1, 0.15) is 52.9 Å². The first-order valence-electron chi connectivity index (χ1n) is 8.20. The summed E-state index contributed by atoms with van der Waals surface area (Å²) in [7, 11) is 0. The van der Waals surface area contributed by atoms with E-state index in [0.717, 1.165) is 25.8 Å². The molecule has 1 saturated carbocycles. The van der Waals surface area contributed by atoms with Crippen molar-refractivity contribution in [3.8, 4) is 0 Å². The molecular formula is C16H32N2O. The van der Waals surface area contributed by atoms with Gasteiger partial charge in [-0.05, 0) is 32.2 Å². The summed E-state index contributed by atoms with van der Waals surface area (Å²) < 4.78 is 5.73. The van der Waals surface area contributed by atoms with Crippen LogP contribution in [0.4, 0.5) is 0 Å². The molecule has 0 amide bonds. The summed E-state index contributed by atoms with van der Waals surface area (Å²) in [4.78, 5) is 2.75. The third kappa shape index (κ3) is 4.73. The highest BCUT2D eigenvalue weighted by Gasteiger charge is 2.40. The summed E-state index contributed by atoms with van der Waals surface area (Å²) >= 11 is 0. The van der Waals surface area contributed by atoms with Gasteiger partial charge in [-0.15, -0.1) is 0 Å². The average molecular weight is 268 g/mol. The second kappa shape index (κ2) is 7.05. The monoisotopic (exact) mass is 268 g/mol. The minimum Gasteiger partial charge on any atom is -0.381 e. The van der Waals surface area contributed by atoms with Gasteiger partial charge >= 0.3 is 0 Å². The molecule has 3 nitrogen and oxygen atoms in total. The van der Waals surface area contributed by atoms with Crippen molar-refractivity contribution in [2.45, 2.75) is 65.0 Å². The first-order valence-corrected chi connectivity index (χ1v) is 8.20. The third-order valence-corrected chi connectivity index (χ3v) is 4.47. The second-order valence-corrected chi connectivity index (χ2v) is 6.89. The van der Waals surface area contributed by atoms with Gasteiger partial charge in [0.15, 0.2) is 0 Å². The van der Waals surface area contributed by atoms with E-state index in [0.29, 0.717) is 11.5 Å². The number of hydrogen-bond acceptors (Lipinski definition) is 3. The maximum atomic E-state index is 5.73. The molecule has 1 saturated heterocycles. The molecule has 2 rings (SSSR count). The van der Waals surface area contributed by atoms with Crippen LogP contribution in [0.5, 0.6) is 0 Å². The van der Waals surface area contributed by atoms with Crippen molar-refractivity contribution < 1.29 is 4.74 Å². The fourth-order valence-electron chi connectivity index (χ4n) is 3.01. The van der Waals surface area contributed by atoms with Gasteiger partial charge < -0.3 is 10.1 Å². The summed E-state index contributed by atoms with van der Waals surface area (Å²) in [6.07, 6.45) is 6.70. The lowest BCUT2D eigenvalue weighted by atomic mass is 9.86. The Morgan fingerprint density at radius 3 is 2.68 bits per heavy atom. The molecular weight excluding hydrogens is 236 g/mol. The van der Waals surface area contributed by atoms with Gasteiger partial charge in [0.05, 0.1) is 6.61 Å². The maximum Gasteiger partial charge on any atom is 0.0547 e. The lowest BCUT2D eigenvalue weighted by Gasteiger charge is -2.35. The third-order valence-electron chi connectivity index (χ3n) is 4.47. The van der Waals surface area contributed by atoms with E-state index in [-0.39, 0.29) is 0 Å². The normalized spacial score (nSPS) is 27.6. The second-order valence-electron chi connectivity index (χ2n) is 6.89. The number of rotatable bonds is 9. The fourth-order valence-corrected chi connectivity index (χ4v) is 3.01. The Morgan fingerprint density at radius 1 is 1.37 bits per heavy atom. The van der Waals surface area contributed by atoms with Crippen molar-refractivity contribution in [3.05, 3.63) is 0 Å². The first kappa shape index (κ1) is 15.3. The van der Waals surface area contributed by atoms with Crippen LogP contribution in [0, 0.1) is 5.41 Å². The van der Waals surface area contributed by atoms with E-state index in [1.165, 1.54) is 45.2 Å². The molecule has 0 bridgehead atoms. The van der Waals surface area contributed by atoms with Crippen molar-refractivity contribution in [2.75, 3.05) is 32.8 Å². The molecule has 0 aromatic rings. The van der Waals surface area contributed by atoms with Gasteiger partial charge in [-0.25, -0.2) is 0 Å². The van der Waals surface area contributed by atoms with Crippen LogP contribution >= 0.6 is 0 Å². The quantitative estimate of drug-likeness (QED) is 0.696. The first-order chi connectivity index (χ1) is 9.15. The summed E-state index contributed by atoms with van der Waals surface area (Å²) in [5.74, 6) is 0. The van der Waals surface area contributed by atoms with E-state index in [1.807, 2.05) is 0 Å². The summed E-state index contributed by atoms with van der Waals surface area (Å²) in [5.41, 5.74) is 0.362. The van der Waals surface area contributed by atoms with Crippen LogP contribution in [0.15, 0.2) is 0 Å². The highest BCUT2D eigenvalue weighted by molar-refractivity contribution is 4.93. The predicted octanol–water partition coefficient (Wildman–Crippen LogP) is 2.66. The number of unbranched alkanes of at least 4 members (excludes halogenated alkanes) is 1. The lowest BCUT2D eigenvalue weighted by Crippen LogP contribution is -2.47. The SMILES string of the molecule is CCCCN(CC1(CNC(C)C)CCOC1)C1CC1. The standard InChI is InChI=1S/C16H32N2O/c1-4-5-9-18(15-6-7-15)12-16(8-10-19-13-16)11-17-14(2)3/h14-15,17H,4-13H2,1-3H3. The Balaban J connectivity index is 1.89. The molecule has 3 heteroatoms. The van der Waals surface area contributed by atoms with Gasteiger partial charge in [0.1, 0.15) is 0 Å². The number of nitrogens with zero attached hydrogens (tertiary/aromatic N) is 1. The molecule has 2 aliphatic rings. The largest absolute Gasteiger partial charge is 0.381 e. The minimum atomic E-state index is 0.362. The summed E-state index contributed by atoms with van der Waals surface area (Å²) in [6, 6.07) is 1.45. The van der Waals surface area contributed by atoms with Crippen molar-refractivity contribution >= 4 is 0 Å². The van der Waals surface area contributed by atoms with E-state index in [9.17, 15) is 0 Å². The van der Waals surface area contributed by atoms with E-state index >= 15 is 0 Å². The van der Waals surface area contributed by atoms with Gasteiger partial charge in [-0.3, -0.25) is 4.90 Å². The van der Waals surface area contributed by atoms with Crippen LogP contribution in [-0.4, -0.2) is 49.8 Å². The molecule has 1 aliphatic heterocycles. The van der Waals surface area contributed by atoms with Crippen LogP contribution in [0.3, 0.4) is 0 Å². The number of hydrogen-bond donors (Lipinski definition) is 1. The molecule has 19 heavy (non-hydrogen) atoms. The van der Waals surface area contributed by atoms with Crippen molar-refractivity contribution in [1.82, 2.24) is 10.2 Å². The van der Waals surface area contributed by atoms with E-state index < -0.39 is 0 Å². The number of nitrogens with one attached hydrogen (secondary N) is 1. The van der Waals surface area contributed by atoms with Gasteiger partial charge in [-0.1, -0.05) is 27.2 Å². The summed E-state index contributed by atoms with van der Waals surface area (Å²) in [6.45, 7) is 12.3. The molecule has 2 fully saturated rings. The molecule has 0 aromatic heterocycles. The Kier molecular flexibility index (Phi) is 5.67. The highest BCUT2D eigenvalue weighted by atomic mass is 16.5. The molecule has 112 valence electrons. The zero-order chi connectivity index (χ0) is 13.7. The van der Waals surface area contributed by atoms with Gasteiger partial charge in [0, 0.05) is 37.2 Å². The van der Waals surface area contributed by atoms with Crippen LogP contribution in [0.25, 0.3) is 0 Å². The summed E-state index contributed by atoms with van der Waals surface area (Å²) in [5, 5.41) is 3.64. The Hall–Kier alpha value is -0.120. The molecule has 1 N–H and O–H groups in total. The van der Waals surface area contributed by atoms with Crippen LogP contribution in [-0.2, 0) is 4.74 Å². The minimum absolute atomic E-state index is 0.362. The lowest BCUT2D eigenvalue weighted by molar-refractivity contribution is 0.102. The molecule has 0 aromatic carbocycles. The average Bonchev–Trinajstić information content (AvgIpc) is 3.13. The molecule has 0 radical (unpaired) electrons. The van der Waals surface area contributed by atoms with Gasteiger partial charge in [-0.2, -0.15) is 0 Å². The molecule has 0 spiro atoms. The molecule has 1 aliphatic carbocycles. The van der Waals surface area contributed by atoms with E-state index in [4.69, 9.17) is 4.74 Å². The smallest absolute Gasteiger partial charge is 0.0547 e. The van der Waals surface area contributed by atoms with Gasteiger partial charge in [0.2, 0.25) is 0 Å². The topological polar surface area (TPSA) is 24.5 Å². The Morgan fingerprint density at radius 2 is 2.16 bits per heavy atom. The van der Waals surface area contributed by atoms with E-state index in [2.05, 4.69) is 31.0 Å². The molecule has 1 unspecified atom stereocenters. The van der Waals surface area contributed by atoms with Crippen LogP contribution < -0.4 is 5.32 Å². The highest BCUT2D eigenvalue weighted by Crippen LogP contribution is 2.34. The molecule has 1 heterocycles. The van der Waals surface area contributed by atoms with E-state index in [1.54, 1.807) is 0 Å². The van der Waals surface area contributed by atoms with Crippen molar-refractivity contribution in [2.24, 2.45) is 5.41 Å². The predicted molar refractivity (Wildman–Crippen MR) is 80.5 cm³/mol. The zero-order valence-electron chi connectivity index (χ0n) is 13.1. The maximum absolute atomic E-state index is 5.73. The van der Waals surface area contributed by atoms with Crippen molar-refractivity contribution in [1.29, 1.82) is 0 Å². The van der Waals surface area contributed by atoms with Crippen LogP contribution in [0.2, 0.25) is 0 Å². The Labute approximate surface area is 119 Å². The Bertz CT molecular complexity index is 257. The fraction of sp³-hybridized carbons (Fsp3) is 1.00. The van der Waals surface area contributed by atoms with Gasteiger partial charge in [0.25, 0.3) is 0 Å². The number of ether oxygens (including phenoxy) is 1.